The van der Waals surface area contributed by atoms with Gasteiger partial charge in [0.2, 0.25) is 5.91 Å². The van der Waals surface area contributed by atoms with Crippen molar-refractivity contribution >= 4 is 28.2 Å². The Hall–Kier alpha value is -2.08. The Labute approximate surface area is 127 Å². The fourth-order valence-electron chi connectivity index (χ4n) is 2.52. The van der Waals surface area contributed by atoms with Crippen LogP contribution in [0.25, 0.3) is 0 Å². The van der Waals surface area contributed by atoms with Crippen LogP contribution >= 0.6 is 11.3 Å². The molecule has 0 spiro atoms. The van der Waals surface area contributed by atoms with E-state index in [1.807, 2.05) is 38.1 Å². The number of ether oxygens (including phenoxy) is 1. The number of rotatable bonds is 3. The van der Waals surface area contributed by atoms with Gasteiger partial charge in [-0.25, -0.2) is 4.98 Å². The molecule has 2 aromatic rings. The highest BCUT2D eigenvalue weighted by Gasteiger charge is 2.31. The van der Waals surface area contributed by atoms with Gasteiger partial charge < -0.3 is 15.8 Å². The number of amides is 1. The maximum atomic E-state index is 11.9. The van der Waals surface area contributed by atoms with Crippen LogP contribution in [0.5, 0.6) is 5.75 Å². The molecule has 110 valence electrons. The molecule has 1 aliphatic rings. The third-order valence-corrected chi connectivity index (χ3v) is 4.29. The van der Waals surface area contributed by atoms with Gasteiger partial charge >= 0.3 is 0 Å². The third kappa shape index (κ3) is 2.71. The second kappa shape index (κ2) is 5.37. The normalized spacial score (nSPS) is 17.5. The molecule has 3 rings (SSSR count). The van der Waals surface area contributed by atoms with Crippen LogP contribution in [0.3, 0.4) is 0 Å². The summed E-state index contributed by atoms with van der Waals surface area (Å²) in [6.07, 6.45) is 0.460. The molecule has 0 radical (unpaired) electrons. The molecule has 1 aromatic carbocycles. The largest absolute Gasteiger partial charge is 0.491 e. The number of carbonyl (C=O) groups is 1. The molecule has 0 saturated carbocycles. The van der Waals surface area contributed by atoms with Crippen molar-refractivity contribution < 1.29 is 9.53 Å². The molecule has 3 N–H and O–H groups in total. The molecule has 1 aliphatic heterocycles. The summed E-state index contributed by atoms with van der Waals surface area (Å²) in [5.41, 5.74) is 6.79. The van der Waals surface area contributed by atoms with E-state index in [-0.39, 0.29) is 17.9 Å². The van der Waals surface area contributed by atoms with Gasteiger partial charge in [0.25, 0.3) is 0 Å². The Morgan fingerprint density at radius 2 is 2.19 bits per heavy atom. The Morgan fingerprint density at radius 1 is 1.43 bits per heavy atom. The van der Waals surface area contributed by atoms with Crippen LogP contribution in [0.2, 0.25) is 0 Å². The number of benzene rings is 1. The van der Waals surface area contributed by atoms with Crippen LogP contribution in [0.1, 0.15) is 36.6 Å². The first kappa shape index (κ1) is 13.9. The Balaban J connectivity index is 2.06. The third-order valence-electron chi connectivity index (χ3n) is 3.29. The molecule has 6 heteroatoms. The predicted octanol–water partition coefficient (Wildman–Crippen LogP) is 2.99. The summed E-state index contributed by atoms with van der Waals surface area (Å²) in [5.74, 6) is 1.29. The zero-order valence-electron chi connectivity index (χ0n) is 11.9. The molecule has 1 unspecified atom stereocenters. The van der Waals surface area contributed by atoms with Crippen LogP contribution in [0.15, 0.2) is 24.3 Å². The van der Waals surface area contributed by atoms with Crippen LogP contribution in [0, 0.1) is 0 Å². The fraction of sp³-hybridized carbons (Fsp3) is 0.333. The van der Waals surface area contributed by atoms with E-state index < -0.39 is 0 Å². The number of carbonyl (C=O) groups excluding carboxylic acids is 1. The van der Waals surface area contributed by atoms with Crippen molar-refractivity contribution in [1.29, 1.82) is 0 Å². The van der Waals surface area contributed by atoms with E-state index in [4.69, 9.17) is 10.5 Å². The number of nitrogens with two attached hydrogens (primary N) is 1. The minimum Gasteiger partial charge on any atom is -0.491 e. The van der Waals surface area contributed by atoms with E-state index in [0.717, 1.165) is 16.2 Å². The average molecular weight is 303 g/mol. The van der Waals surface area contributed by atoms with Gasteiger partial charge in [0, 0.05) is 17.9 Å². The molecule has 0 aliphatic carbocycles. The number of thiazole rings is 1. The predicted molar refractivity (Wildman–Crippen MR) is 83.8 cm³/mol. The minimum absolute atomic E-state index is 0.0443. The Kier molecular flexibility index (Phi) is 3.55. The van der Waals surface area contributed by atoms with E-state index >= 15 is 0 Å². The maximum absolute atomic E-state index is 11.9. The Bertz CT molecular complexity index is 681. The number of hydrogen-bond donors (Lipinski definition) is 2. The maximum Gasteiger partial charge on any atom is 0.226 e. The minimum atomic E-state index is -0.0569. The lowest BCUT2D eigenvalue weighted by Crippen LogP contribution is -2.23. The molecule has 5 nitrogen and oxygen atoms in total. The van der Waals surface area contributed by atoms with Crippen molar-refractivity contribution in [3.8, 4) is 5.75 Å². The quantitative estimate of drug-likeness (QED) is 0.914. The number of hydrogen-bond acceptors (Lipinski definition) is 5. The molecule has 2 heterocycles. The van der Waals surface area contributed by atoms with E-state index in [1.54, 1.807) is 0 Å². The van der Waals surface area contributed by atoms with Crippen molar-refractivity contribution in [2.45, 2.75) is 32.3 Å². The number of fused-ring (bicyclic) bond motifs is 1. The van der Waals surface area contributed by atoms with Crippen LogP contribution < -0.4 is 15.8 Å². The summed E-state index contributed by atoms with van der Waals surface area (Å²) in [7, 11) is 0. The number of nitrogens with zero attached hydrogens (tertiary/aromatic N) is 1. The summed E-state index contributed by atoms with van der Waals surface area (Å²) >= 11 is 1.42. The summed E-state index contributed by atoms with van der Waals surface area (Å²) in [5, 5.41) is 3.25. The van der Waals surface area contributed by atoms with Crippen LogP contribution in [-0.4, -0.2) is 17.0 Å². The first-order valence-electron chi connectivity index (χ1n) is 6.86. The highest BCUT2D eigenvalue weighted by Crippen LogP contribution is 2.44. The van der Waals surface area contributed by atoms with Crippen molar-refractivity contribution in [3.05, 3.63) is 34.7 Å². The molecule has 0 saturated heterocycles. The van der Waals surface area contributed by atoms with Crippen LogP contribution in [-0.2, 0) is 4.79 Å². The lowest BCUT2D eigenvalue weighted by molar-refractivity contribution is -0.116. The summed E-state index contributed by atoms with van der Waals surface area (Å²) in [6.45, 7) is 3.97. The van der Waals surface area contributed by atoms with E-state index in [1.165, 1.54) is 11.3 Å². The zero-order chi connectivity index (χ0) is 15.0. The highest BCUT2D eigenvalue weighted by atomic mass is 32.1. The molecule has 1 atom stereocenters. The number of anilines is 2. The van der Waals surface area contributed by atoms with E-state index in [9.17, 15) is 4.79 Å². The number of aromatic nitrogens is 1. The number of nitrogen functional groups attached to an aromatic ring is 1. The van der Waals surface area contributed by atoms with Crippen molar-refractivity contribution in [2.24, 2.45) is 0 Å². The number of nitrogens with one attached hydrogen (secondary N) is 1. The molecule has 21 heavy (non-hydrogen) atoms. The van der Waals surface area contributed by atoms with E-state index in [0.29, 0.717) is 17.4 Å². The fourth-order valence-corrected chi connectivity index (χ4v) is 3.43. The van der Waals surface area contributed by atoms with Gasteiger partial charge in [-0.1, -0.05) is 29.5 Å². The Morgan fingerprint density at radius 3 is 2.95 bits per heavy atom. The SMILES string of the molecule is CC(C)Oc1ccccc1C1CC(=O)Nc2nc(N)sc21. The van der Waals surface area contributed by atoms with Crippen molar-refractivity contribution in [1.82, 2.24) is 4.98 Å². The van der Waals surface area contributed by atoms with Gasteiger partial charge in [0.15, 0.2) is 5.13 Å². The zero-order valence-corrected chi connectivity index (χ0v) is 12.7. The summed E-state index contributed by atoms with van der Waals surface area (Å²) in [4.78, 5) is 17.1. The molecule has 0 bridgehead atoms. The van der Waals surface area contributed by atoms with Gasteiger partial charge in [-0.2, -0.15) is 0 Å². The molecule has 1 aromatic heterocycles. The van der Waals surface area contributed by atoms with Gasteiger partial charge in [-0.05, 0) is 19.9 Å². The average Bonchev–Trinajstić information content (AvgIpc) is 2.78. The standard InChI is InChI=1S/C15H17N3O2S/c1-8(2)20-11-6-4-3-5-9(11)10-7-12(19)17-14-13(10)21-15(16)18-14/h3-6,8,10H,7H2,1-2H3,(H2,16,18)(H,17,19). The molecular weight excluding hydrogens is 286 g/mol. The lowest BCUT2D eigenvalue weighted by Gasteiger charge is -2.24. The van der Waals surface area contributed by atoms with Gasteiger partial charge in [-0.3, -0.25) is 4.79 Å². The van der Waals surface area contributed by atoms with Gasteiger partial charge in [0.1, 0.15) is 11.6 Å². The second-order valence-corrected chi connectivity index (χ2v) is 6.34. The van der Waals surface area contributed by atoms with Crippen molar-refractivity contribution in [3.63, 3.8) is 0 Å². The second-order valence-electron chi connectivity index (χ2n) is 5.27. The van der Waals surface area contributed by atoms with Gasteiger partial charge in [0.05, 0.1) is 11.0 Å². The van der Waals surface area contributed by atoms with E-state index in [2.05, 4.69) is 10.3 Å². The summed E-state index contributed by atoms with van der Waals surface area (Å²) in [6, 6.07) is 7.83. The lowest BCUT2D eigenvalue weighted by atomic mass is 9.91. The van der Waals surface area contributed by atoms with Gasteiger partial charge in [-0.15, -0.1) is 0 Å². The molecule has 0 fully saturated rings. The molecule has 1 amide bonds. The molecular formula is C15H17N3O2S. The van der Waals surface area contributed by atoms with Crippen LogP contribution in [0.4, 0.5) is 10.9 Å². The first-order chi connectivity index (χ1) is 10.0. The highest BCUT2D eigenvalue weighted by molar-refractivity contribution is 7.16. The topological polar surface area (TPSA) is 77.2 Å². The van der Waals surface area contributed by atoms with Crippen molar-refractivity contribution in [2.75, 3.05) is 11.1 Å². The summed E-state index contributed by atoms with van der Waals surface area (Å²) < 4.78 is 5.88. The smallest absolute Gasteiger partial charge is 0.226 e. The number of para-hydroxylation sites is 1. The monoisotopic (exact) mass is 303 g/mol. The first-order valence-corrected chi connectivity index (χ1v) is 7.68.